The van der Waals surface area contributed by atoms with E-state index in [9.17, 15) is 33.9 Å². The largest absolute Gasteiger partial charge is 0.458 e. The lowest BCUT2D eigenvalue weighted by Gasteiger charge is -2.31. The predicted molar refractivity (Wildman–Crippen MR) is 205 cm³/mol. The zero-order valence-electron chi connectivity index (χ0n) is 31.7. The van der Waals surface area contributed by atoms with Crippen LogP contribution in [0, 0.1) is 12.7 Å². The Bertz CT molecular complexity index is 2400. The summed E-state index contributed by atoms with van der Waals surface area (Å²) >= 11 is 0. The molecule has 298 valence electrons. The minimum atomic E-state index is -2.03. The second-order valence-electron chi connectivity index (χ2n) is 14.7. The highest BCUT2D eigenvalue weighted by Gasteiger charge is 2.46. The van der Waals surface area contributed by atoms with E-state index in [1.54, 1.807) is 44.2 Å². The molecule has 16 heteroatoms. The fourth-order valence-electron chi connectivity index (χ4n) is 8.38. The standard InChI is InChI=1S/C41H44FN7O8/c1-3-41(56)26-15-30-37-24(19-49(30)39(54)25(26)20-57-40(41)55)36-28(12-11-23-21(2)27(42)16-29(47-37)35(23)36)46-32(50)10-7-13-48(34(52)18-45-33(51)17-43)31(38(44)53)14-22-8-5-4-6-9-22/h4-6,8-9,15-16,28,31,56H,3,7,10-14,17-20,43H2,1-2H3,(H2,44,53)(H,45,51)(H,46,50)/t28-,31-,41-/m0/s1. The number of ether oxygens (including phenoxy) is 1. The van der Waals surface area contributed by atoms with Gasteiger partial charge in [0.1, 0.15) is 18.5 Å². The van der Waals surface area contributed by atoms with Crippen molar-refractivity contribution in [1.29, 1.82) is 0 Å². The normalized spacial score (nSPS) is 18.2. The highest BCUT2D eigenvalue weighted by Crippen LogP contribution is 2.46. The number of aromatic nitrogens is 2. The highest BCUT2D eigenvalue weighted by atomic mass is 19.1. The Hall–Kier alpha value is -6.00. The van der Waals surface area contributed by atoms with Gasteiger partial charge in [-0.15, -0.1) is 0 Å². The maximum Gasteiger partial charge on any atom is 0.343 e. The van der Waals surface area contributed by atoms with Crippen molar-refractivity contribution in [2.45, 2.75) is 83.2 Å². The van der Waals surface area contributed by atoms with Gasteiger partial charge in [0.05, 0.1) is 48.1 Å². The first-order valence-electron chi connectivity index (χ1n) is 19.0. The number of primary amides is 1. The average Bonchev–Trinajstić information content (AvgIpc) is 3.57. The number of aryl methyl sites for hydroxylation is 1. The summed E-state index contributed by atoms with van der Waals surface area (Å²) in [4.78, 5) is 84.6. The smallest absolute Gasteiger partial charge is 0.343 e. The van der Waals surface area contributed by atoms with Crippen LogP contribution >= 0.6 is 0 Å². The first kappa shape index (κ1) is 39.2. The van der Waals surface area contributed by atoms with E-state index in [0.29, 0.717) is 51.8 Å². The number of amides is 4. The summed E-state index contributed by atoms with van der Waals surface area (Å²) in [5.41, 5.74) is 13.5. The summed E-state index contributed by atoms with van der Waals surface area (Å²) in [6.45, 7) is 2.34. The zero-order chi connectivity index (χ0) is 40.8. The van der Waals surface area contributed by atoms with Gasteiger partial charge in [0.2, 0.25) is 23.6 Å². The number of nitrogens with two attached hydrogens (primary N) is 2. The van der Waals surface area contributed by atoms with Crippen LogP contribution in [-0.4, -0.2) is 74.8 Å². The molecule has 0 bridgehead atoms. The summed E-state index contributed by atoms with van der Waals surface area (Å²) in [6, 6.07) is 10.3. The van der Waals surface area contributed by atoms with Crippen molar-refractivity contribution in [2.75, 3.05) is 19.6 Å². The highest BCUT2D eigenvalue weighted by molar-refractivity contribution is 5.94. The Morgan fingerprint density at radius 3 is 2.58 bits per heavy atom. The molecule has 2 aliphatic heterocycles. The third kappa shape index (κ3) is 7.03. The molecule has 3 aliphatic rings. The number of fused-ring (bicyclic) bond motifs is 5. The molecule has 4 heterocycles. The number of pyridine rings is 2. The van der Waals surface area contributed by atoms with E-state index in [1.807, 2.05) is 6.07 Å². The number of hydrogen-bond acceptors (Lipinski definition) is 10. The molecule has 0 unspecified atom stereocenters. The Morgan fingerprint density at radius 2 is 1.88 bits per heavy atom. The SMILES string of the molecule is CC[C@@]1(O)C(=O)OCc2c1cc1n(c2=O)Cc2c-1nc1cc(F)c(C)c3c1c2[C@@H](NC(=O)CCCN(C(=O)CNC(=O)CN)[C@@H](Cc1ccccc1)C(N)=O)CC3. The molecule has 7 N–H and O–H groups in total. The van der Waals surface area contributed by atoms with E-state index in [4.69, 9.17) is 21.2 Å². The first-order chi connectivity index (χ1) is 27.3. The Labute approximate surface area is 326 Å². The molecule has 7 rings (SSSR count). The van der Waals surface area contributed by atoms with Crippen molar-refractivity contribution >= 4 is 40.5 Å². The Kier molecular flexibility index (Phi) is 10.7. The summed E-state index contributed by atoms with van der Waals surface area (Å²) in [5, 5.41) is 17.6. The van der Waals surface area contributed by atoms with Crippen LogP contribution < -0.4 is 27.7 Å². The van der Waals surface area contributed by atoms with Gasteiger partial charge >= 0.3 is 5.97 Å². The van der Waals surface area contributed by atoms with Gasteiger partial charge in [-0.1, -0.05) is 37.3 Å². The van der Waals surface area contributed by atoms with Gasteiger partial charge in [0, 0.05) is 42.0 Å². The maximum absolute atomic E-state index is 15.4. The van der Waals surface area contributed by atoms with Crippen molar-refractivity contribution in [2.24, 2.45) is 11.5 Å². The maximum atomic E-state index is 15.4. The van der Waals surface area contributed by atoms with Gasteiger partial charge in [0.25, 0.3) is 5.56 Å². The third-order valence-electron chi connectivity index (χ3n) is 11.4. The van der Waals surface area contributed by atoms with Crippen molar-refractivity contribution in [3.05, 3.63) is 97.6 Å². The number of nitrogens with one attached hydrogen (secondary N) is 2. The van der Waals surface area contributed by atoms with Crippen molar-refractivity contribution in [3.8, 4) is 11.4 Å². The van der Waals surface area contributed by atoms with E-state index in [0.717, 1.165) is 11.1 Å². The second-order valence-corrected chi connectivity index (χ2v) is 14.7. The molecule has 15 nitrogen and oxygen atoms in total. The zero-order valence-corrected chi connectivity index (χ0v) is 31.7. The number of carbonyl (C=O) groups excluding carboxylic acids is 5. The number of aliphatic hydroxyl groups is 1. The monoisotopic (exact) mass is 781 g/mol. The first-order valence-corrected chi connectivity index (χ1v) is 19.0. The van der Waals surface area contributed by atoms with Crippen molar-refractivity contribution in [1.82, 2.24) is 25.1 Å². The minimum Gasteiger partial charge on any atom is -0.458 e. The van der Waals surface area contributed by atoms with Gasteiger partial charge in [-0.3, -0.25) is 24.0 Å². The molecule has 0 saturated carbocycles. The number of halogens is 1. The molecule has 4 amide bonds. The lowest BCUT2D eigenvalue weighted by Crippen LogP contribution is -2.52. The molecule has 57 heavy (non-hydrogen) atoms. The fourth-order valence-corrected chi connectivity index (χ4v) is 8.38. The van der Waals surface area contributed by atoms with E-state index in [1.165, 1.54) is 15.5 Å². The van der Waals surface area contributed by atoms with Gasteiger partial charge in [-0.05, 0) is 60.9 Å². The average molecular weight is 782 g/mol. The van der Waals surface area contributed by atoms with Crippen LogP contribution in [-0.2, 0) is 60.3 Å². The Balaban J connectivity index is 1.18. The van der Waals surface area contributed by atoms with E-state index >= 15 is 4.39 Å². The quantitative estimate of drug-likeness (QED) is 0.108. The van der Waals surface area contributed by atoms with Crippen LogP contribution in [0.5, 0.6) is 0 Å². The molecule has 0 saturated heterocycles. The van der Waals surface area contributed by atoms with Gasteiger partial charge < -0.3 is 41.4 Å². The van der Waals surface area contributed by atoms with Crippen LogP contribution in [0.15, 0.2) is 47.3 Å². The number of esters is 1. The van der Waals surface area contributed by atoms with Crippen LogP contribution in [0.25, 0.3) is 22.3 Å². The second kappa shape index (κ2) is 15.5. The molecule has 0 radical (unpaired) electrons. The summed E-state index contributed by atoms with van der Waals surface area (Å²) < 4.78 is 22.1. The molecular weight excluding hydrogens is 737 g/mol. The van der Waals surface area contributed by atoms with Crippen LogP contribution in [0.1, 0.15) is 77.6 Å². The predicted octanol–water partition coefficient (Wildman–Crippen LogP) is 1.41. The number of hydrogen-bond donors (Lipinski definition) is 5. The van der Waals surface area contributed by atoms with Gasteiger partial charge in [-0.2, -0.15) is 0 Å². The van der Waals surface area contributed by atoms with Crippen LogP contribution in [0.2, 0.25) is 0 Å². The fraction of sp³-hybridized carbons (Fsp3) is 0.390. The number of cyclic esters (lactones) is 1. The molecule has 3 atom stereocenters. The molecular formula is C41H44FN7O8. The van der Waals surface area contributed by atoms with Crippen molar-refractivity contribution < 1.29 is 38.2 Å². The van der Waals surface area contributed by atoms with Gasteiger partial charge in [0.15, 0.2) is 5.60 Å². The topological polar surface area (TPSA) is 229 Å². The molecule has 0 fully saturated rings. The van der Waals surface area contributed by atoms with Crippen LogP contribution in [0.3, 0.4) is 0 Å². The summed E-state index contributed by atoms with van der Waals surface area (Å²) in [5.74, 6) is -3.50. The lowest BCUT2D eigenvalue weighted by atomic mass is 9.81. The molecule has 0 spiro atoms. The van der Waals surface area contributed by atoms with E-state index in [2.05, 4.69) is 10.6 Å². The molecule has 2 aromatic heterocycles. The molecule has 4 aromatic rings. The number of nitrogens with zero attached hydrogens (tertiary/aromatic N) is 3. The number of rotatable bonds is 13. The van der Waals surface area contributed by atoms with Crippen LogP contribution in [0.4, 0.5) is 4.39 Å². The van der Waals surface area contributed by atoms with E-state index < -0.39 is 59.3 Å². The van der Waals surface area contributed by atoms with E-state index in [-0.39, 0.29) is 69.0 Å². The summed E-state index contributed by atoms with van der Waals surface area (Å²) in [7, 11) is 0. The molecule has 2 aromatic carbocycles. The number of carbonyl (C=O) groups is 5. The van der Waals surface area contributed by atoms with Crippen molar-refractivity contribution in [3.63, 3.8) is 0 Å². The lowest BCUT2D eigenvalue weighted by molar-refractivity contribution is -0.172. The summed E-state index contributed by atoms with van der Waals surface area (Å²) in [6.07, 6.45) is 1.05. The third-order valence-corrected chi connectivity index (χ3v) is 11.4. The Morgan fingerprint density at radius 1 is 1.12 bits per heavy atom. The molecule has 1 aliphatic carbocycles. The van der Waals surface area contributed by atoms with Gasteiger partial charge in [-0.25, -0.2) is 14.2 Å². The minimum absolute atomic E-state index is 0.0225. The number of benzene rings is 2.